The Morgan fingerprint density at radius 2 is 1.90 bits per heavy atom. The molecule has 0 saturated heterocycles. The zero-order valence-electron chi connectivity index (χ0n) is 12.8. The second-order valence-electron chi connectivity index (χ2n) is 6.65. The van der Waals surface area contributed by atoms with Crippen molar-refractivity contribution in [3.63, 3.8) is 0 Å². The quantitative estimate of drug-likeness (QED) is 0.932. The maximum atomic E-state index is 12.5. The van der Waals surface area contributed by atoms with Crippen molar-refractivity contribution in [3.8, 4) is 6.07 Å². The highest BCUT2D eigenvalue weighted by Crippen LogP contribution is 2.35. The molecule has 0 radical (unpaired) electrons. The third kappa shape index (κ3) is 3.84. The Hall–Kier alpha value is -1.38. The highest BCUT2D eigenvalue weighted by Gasteiger charge is 2.30. The van der Waals surface area contributed by atoms with E-state index >= 15 is 0 Å². The molecule has 1 N–H and O–H groups in total. The molecule has 114 valence electrons. The van der Waals surface area contributed by atoms with Crippen LogP contribution in [0.3, 0.4) is 0 Å². The molecule has 2 rings (SSSR count). The Bertz CT molecular complexity index is 662. The number of hydrogen-bond donors (Lipinski definition) is 1. The number of benzene rings is 1. The molecule has 4 nitrogen and oxygen atoms in total. The lowest BCUT2D eigenvalue weighted by molar-refractivity contribution is 0.218. The second kappa shape index (κ2) is 5.78. The highest BCUT2D eigenvalue weighted by molar-refractivity contribution is 7.89. The van der Waals surface area contributed by atoms with Gasteiger partial charge in [-0.1, -0.05) is 19.9 Å². The average molecular weight is 306 g/mol. The molecule has 0 bridgehead atoms. The number of nitrogens with one attached hydrogen (secondary N) is 1. The van der Waals surface area contributed by atoms with Gasteiger partial charge in [-0.15, -0.1) is 0 Å². The van der Waals surface area contributed by atoms with Crippen molar-refractivity contribution >= 4 is 10.0 Å². The molecule has 1 aromatic carbocycles. The Kier molecular flexibility index (Phi) is 4.40. The maximum absolute atomic E-state index is 12.5. The molecule has 0 spiro atoms. The van der Waals surface area contributed by atoms with E-state index < -0.39 is 10.0 Å². The van der Waals surface area contributed by atoms with Crippen molar-refractivity contribution in [1.29, 1.82) is 5.26 Å². The highest BCUT2D eigenvalue weighted by atomic mass is 32.2. The van der Waals surface area contributed by atoms with Gasteiger partial charge in [-0.2, -0.15) is 5.26 Å². The SMILES string of the molecule is Cc1ccc(C#N)cc1S(=O)(=O)NC1CCC(C)(C)CC1. The van der Waals surface area contributed by atoms with E-state index in [-0.39, 0.29) is 10.9 Å². The summed E-state index contributed by atoms with van der Waals surface area (Å²) >= 11 is 0. The fourth-order valence-corrected chi connectivity index (χ4v) is 4.33. The van der Waals surface area contributed by atoms with Gasteiger partial charge >= 0.3 is 0 Å². The van der Waals surface area contributed by atoms with Gasteiger partial charge < -0.3 is 0 Å². The van der Waals surface area contributed by atoms with E-state index in [1.54, 1.807) is 19.1 Å². The van der Waals surface area contributed by atoms with E-state index in [1.807, 2.05) is 6.07 Å². The van der Waals surface area contributed by atoms with Crippen LogP contribution >= 0.6 is 0 Å². The van der Waals surface area contributed by atoms with E-state index in [4.69, 9.17) is 5.26 Å². The molecule has 5 heteroatoms. The van der Waals surface area contributed by atoms with E-state index in [2.05, 4.69) is 18.6 Å². The molecule has 0 unspecified atom stereocenters. The summed E-state index contributed by atoms with van der Waals surface area (Å²) in [4.78, 5) is 0.214. The van der Waals surface area contributed by atoms with Crippen LogP contribution in [-0.2, 0) is 10.0 Å². The summed E-state index contributed by atoms with van der Waals surface area (Å²) < 4.78 is 27.9. The summed E-state index contributed by atoms with van der Waals surface area (Å²) in [6.07, 6.45) is 3.78. The lowest BCUT2D eigenvalue weighted by Gasteiger charge is -2.34. The van der Waals surface area contributed by atoms with Gasteiger partial charge in [0.25, 0.3) is 0 Å². The summed E-state index contributed by atoms with van der Waals surface area (Å²) in [6.45, 7) is 6.19. The minimum absolute atomic E-state index is 0.00633. The van der Waals surface area contributed by atoms with Crippen molar-refractivity contribution in [3.05, 3.63) is 29.3 Å². The predicted octanol–water partition coefficient (Wildman–Crippen LogP) is 3.11. The van der Waals surface area contributed by atoms with Gasteiger partial charge in [0.05, 0.1) is 16.5 Å². The maximum Gasteiger partial charge on any atom is 0.241 e. The number of sulfonamides is 1. The number of nitrogens with zero attached hydrogens (tertiary/aromatic N) is 1. The first kappa shape index (κ1) is 16.0. The molecule has 21 heavy (non-hydrogen) atoms. The molecule has 0 atom stereocenters. The minimum atomic E-state index is -3.56. The van der Waals surface area contributed by atoms with Gasteiger partial charge in [-0.3, -0.25) is 0 Å². The third-order valence-electron chi connectivity index (χ3n) is 4.27. The first-order chi connectivity index (χ1) is 9.73. The van der Waals surface area contributed by atoms with Crippen molar-refractivity contribution in [2.45, 2.75) is 57.4 Å². The summed E-state index contributed by atoms with van der Waals surface area (Å²) in [5, 5.41) is 8.93. The number of rotatable bonds is 3. The average Bonchev–Trinajstić information content (AvgIpc) is 2.41. The molecular formula is C16H22N2O2S. The van der Waals surface area contributed by atoms with Crippen molar-refractivity contribution in [2.75, 3.05) is 0 Å². The van der Waals surface area contributed by atoms with Gasteiger partial charge in [-0.05, 0) is 55.7 Å². The largest absolute Gasteiger partial charge is 0.241 e. The molecule has 1 fully saturated rings. The first-order valence-corrected chi connectivity index (χ1v) is 8.75. The van der Waals surface area contributed by atoms with Gasteiger partial charge in [0.1, 0.15) is 0 Å². The first-order valence-electron chi connectivity index (χ1n) is 7.27. The van der Waals surface area contributed by atoms with Crippen molar-refractivity contribution in [1.82, 2.24) is 4.72 Å². The summed E-state index contributed by atoms with van der Waals surface area (Å²) in [5.74, 6) is 0. The molecule has 0 aliphatic heterocycles. The van der Waals surface area contributed by atoms with Crippen LogP contribution in [0.25, 0.3) is 0 Å². The topological polar surface area (TPSA) is 70.0 Å². The zero-order chi connectivity index (χ0) is 15.7. The van der Waals surface area contributed by atoms with Crippen LogP contribution in [0.4, 0.5) is 0 Å². The standard InChI is InChI=1S/C16H22N2O2S/c1-12-4-5-13(11-17)10-15(12)21(19,20)18-14-6-8-16(2,3)9-7-14/h4-5,10,14,18H,6-9H2,1-3H3. The zero-order valence-corrected chi connectivity index (χ0v) is 13.6. The molecule has 0 aromatic heterocycles. The van der Waals surface area contributed by atoms with E-state index in [0.29, 0.717) is 16.5 Å². The van der Waals surface area contributed by atoms with Crippen LogP contribution in [-0.4, -0.2) is 14.5 Å². The second-order valence-corrected chi connectivity index (χ2v) is 8.33. The van der Waals surface area contributed by atoms with Crippen LogP contribution in [0.5, 0.6) is 0 Å². The monoisotopic (exact) mass is 306 g/mol. The van der Waals surface area contributed by atoms with Gasteiger partial charge in [0.15, 0.2) is 0 Å². The van der Waals surface area contributed by atoms with Crippen molar-refractivity contribution in [2.24, 2.45) is 5.41 Å². The van der Waals surface area contributed by atoms with Crippen LogP contribution in [0, 0.1) is 23.7 Å². The Labute approximate surface area is 127 Å². The van der Waals surface area contributed by atoms with E-state index in [1.165, 1.54) is 6.07 Å². The molecule has 1 saturated carbocycles. The third-order valence-corrected chi connectivity index (χ3v) is 5.93. The number of nitriles is 1. The van der Waals surface area contributed by atoms with Crippen molar-refractivity contribution < 1.29 is 8.42 Å². The fraction of sp³-hybridized carbons (Fsp3) is 0.562. The van der Waals surface area contributed by atoms with Crippen LogP contribution < -0.4 is 4.72 Å². The van der Waals surface area contributed by atoms with Gasteiger partial charge in [0.2, 0.25) is 10.0 Å². The lowest BCUT2D eigenvalue weighted by Crippen LogP contribution is -2.39. The molecule has 1 aliphatic carbocycles. The minimum Gasteiger partial charge on any atom is -0.208 e. The summed E-state index contributed by atoms with van der Waals surface area (Å²) in [6, 6.07) is 6.75. The molecular weight excluding hydrogens is 284 g/mol. The van der Waals surface area contributed by atoms with Gasteiger partial charge in [-0.25, -0.2) is 13.1 Å². The molecule has 0 heterocycles. The molecule has 1 aliphatic rings. The normalized spacial score (nSPS) is 19.1. The Morgan fingerprint density at radius 3 is 2.48 bits per heavy atom. The Morgan fingerprint density at radius 1 is 1.29 bits per heavy atom. The lowest BCUT2D eigenvalue weighted by atomic mass is 9.76. The number of aryl methyl sites for hydroxylation is 1. The summed E-state index contributed by atoms with van der Waals surface area (Å²) in [5.41, 5.74) is 1.34. The van der Waals surface area contributed by atoms with E-state index in [9.17, 15) is 8.42 Å². The fourth-order valence-electron chi connectivity index (χ4n) is 2.76. The van der Waals surface area contributed by atoms with Crippen LogP contribution in [0.1, 0.15) is 50.7 Å². The predicted molar refractivity (Wildman–Crippen MR) is 82.3 cm³/mol. The smallest absolute Gasteiger partial charge is 0.208 e. The van der Waals surface area contributed by atoms with E-state index in [0.717, 1.165) is 25.7 Å². The Balaban J connectivity index is 2.18. The van der Waals surface area contributed by atoms with Crippen LogP contribution in [0.15, 0.2) is 23.1 Å². The molecule has 0 amide bonds. The van der Waals surface area contributed by atoms with Crippen LogP contribution in [0.2, 0.25) is 0 Å². The molecule has 1 aromatic rings. The number of hydrogen-bond acceptors (Lipinski definition) is 3. The van der Waals surface area contributed by atoms with Gasteiger partial charge in [0, 0.05) is 6.04 Å². The summed E-state index contributed by atoms with van der Waals surface area (Å²) in [7, 11) is -3.56.